The Kier molecular flexibility index (Phi) is 4.77. The number of nitrogens with zero attached hydrogens (tertiary/aromatic N) is 1. The minimum absolute atomic E-state index is 0.0651. The Labute approximate surface area is 155 Å². The van der Waals surface area contributed by atoms with Crippen molar-refractivity contribution in [2.45, 2.75) is 32.7 Å². The minimum Gasteiger partial charge on any atom is -0.497 e. The standard InChI is InChI=1S/C22H25NO3/c1-15-14-22(2,3)23(20-11-10-18(26-5)13-19(15)20)21(24)12-16-6-8-17(25-4)9-7-16/h6-11,13-14H,12H2,1-5H3. The quantitative estimate of drug-likeness (QED) is 0.815. The largest absolute Gasteiger partial charge is 0.497 e. The predicted octanol–water partition coefficient (Wildman–Crippen LogP) is 4.48. The van der Waals surface area contributed by atoms with Crippen molar-refractivity contribution >= 4 is 17.2 Å². The van der Waals surface area contributed by atoms with E-state index in [0.717, 1.165) is 33.9 Å². The van der Waals surface area contributed by atoms with Crippen molar-refractivity contribution in [3.05, 3.63) is 59.7 Å². The van der Waals surface area contributed by atoms with Gasteiger partial charge in [0.2, 0.25) is 5.91 Å². The van der Waals surface area contributed by atoms with Gasteiger partial charge in [-0.1, -0.05) is 18.2 Å². The zero-order chi connectivity index (χ0) is 18.9. The van der Waals surface area contributed by atoms with E-state index in [2.05, 4.69) is 26.8 Å². The van der Waals surface area contributed by atoms with Gasteiger partial charge in [0.05, 0.1) is 31.9 Å². The number of rotatable bonds is 4. The van der Waals surface area contributed by atoms with Crippen LogP contribution in [0.25, 0.3) is 5.57 Å². The first-order chi connectivity index (χ1) is 12.4. The Bertz CT molecular complexity index is 850. The summed E-state index contributed by atoms with van der Waals surface area (Å²) in [6.07, 6.45) is 2.48. The van der Waals surface area contributed by atoms with E-state index >= 15 is 0 Å². The molecule has 0 aromatic heterocycles. The van der Waals surface area contributed by atoms with Crippen LogP contribution >= 0.6 is 0 Å². The van der Waals surface area contributed by atoms with Crippen molar-refractivity contribution in [3.8, 4) is 11.5 Å². The van der Waals surface area contributed by atoms with E-state index in [1.807, 2.05) is 47.4 Å². The average molecular weight is 351 g/mol. The number of benzene rings is 2. The molecule has 4 nitrogen and oxygen atoms in total. The summed E-state index contributed by atoms with van der Waals surface area (Å²) in [5.41, 5.74) is 3.68. The lowest BCUT2D eigenvalue weighted by Crippen LogP contribution is -2.49. The molecule has 0 saturated carbocycles. The molecule has 0 saturated heterocycles. The molecule has 0 bridgehead atoms. The van der Waals surface area contributed by atoms with Gasteiger partial charge in [0.1, 0.15) is 11.5 Å². The molecule has 1 heterocycles. The monoisotopic (exact) mass is 351 g/mol. The van der Waals surface area contributed by atoms with Gasteiger partial charge in [0.15, 0.2) is 0 Å². The van der Waals surface area contributed by atoms with Crippen molar-refractivity contribution < 1.29 is 14.3 Å². The fraction of sp³-hybridized carbons (Fsp3) is 0.318. The summed E-state index contributed by atoms with van der Waals surface area (Å²) in [5.74, 6) is 1.64. The van der Waals surface area contributed by atoms with E-state index in [-0.39, 0.29) is 5.91 Å². The Hall–Kier alpha value is -2.75. The second-order valence-corrected chi connectivity index (χ2v) is 7.12. The van der Waals surface area contributed by atoms with Crippen LogP contribution in [-0.2, 0) is 11.2 Å². The van der Waals surface area contributed by atoms with Crippen LogP contribution < -0.4 is 14.4 Å². The highest BCUT2D eigenvalue weighted by Crippen LogP contribution is 2.40. The molecule has 0 spiro atoms. The molecular formula is C22H25NO3. The van der Waals surface area contributed by atoms with Gasteiger partial charge < -0.3 is 14.4 Å². The number of anilines is 1. The highest BCUT2D eigenvalue weighted by molar-refractivity contribution is 6.01. The van der Waals surface area contributed by atoms with Gasteiger partial charge in [-0.3, -0.25) is 4.79 Å². The van der Waals surface area contributed by atoms with Crippen LogP contribution in [0.2, 0.25) is 0 Å². The highest BCUT2D eigenvalue weighted by Gasteiger charge is 2.35. The zero-order valence-electron chi connectivity index (χ0n) is 16.0. The van der Waals surface area contributed by atoms with E-state index in [4.69, 9.17) is 9.47 Å². The molecule has 2 aromatic rings. The van der Waals surface area contributed by atoms with Gasteiger partial charge in [-0.25, -0.2) is 0 Å². The maximum absolute atomic E-state index is 13.2. The fourth-order valence-corrected chi connectivity index (χ4v) is 3.59. The van der Waals surface area contributed by atoms with Gasteiger partial charge in [-0.05, 0) is 62.2 Å². The molecule has 0 N–H and O–H groups in total. The topological polar surface area (TPSA) is 38.8 Å². The number of amides is 1. The number of allylic oxidation sites excluding steroid dienone is 1. The molecule has 1 aliphatic rings. The van der Waals surface area contributed by atoms with Crippen molar-refractivity contribution in [2.24, 2.45) is 0 Å². The van der Waals surface area contributed by atoms with Crippen LogP contribution in [0.15, 0.2) is 48.5 Å². The molecule has 0 atom stereocenters. The summed E-state index contributed by atoms with van der Waals surface area (Å²) in [7, 11) is 3.29. The molecule has 0 unspecified atom stereocenters. The first-order valence-corrected chi connectivity index (χ1v) is 8.69. The third-order valence-corrected chi connectivity index (χ3v) is 4.78. The second-order valence-electron chi connectivity index (χ2n) is 7.12. The molecule has 0 fully saturated rings. The molecule has 26 heavy (non-hydrogen) atoms. The van der Waals surface area contributed by atoms with E-state index < -0.39 is 5.54 Å². The average Bonchev–Trinajstić information content (AvgIpc) is 2.61. The van der Waals surface area contributed by atoms with Gasteiger partial charge in [0.25, 0.3) is 0 Å². The van der Waals surface area contributed by atoms with Crippen LogP contribution in [0.3, 0.4) is 0 Å². The number of hydrogen-bond donors (Lipinski definition) is 0. The van der Waals surface area contributed by atoms with Crippen molar-refractivity contribution in [3.63, 3.8) is 0 Å². The third-order valence-electron chi connectivity index (χ3n) is 4.78. The zero-order valence-corrected chi connectivity index (χ0v) is 16.0. The van der Waals surface area contributed by atoms with Crippen LogP contribution in [0.5, 0.6) is 11.5 Å². The maximum atomic E-state index is 13.2. The first kappa shape index (κ1) is 18.1. The smallest absolute Gasteiger partial charge is 0.232 e. The number of fused-ring (bicyclic) bond motifs is 1. The SMILES string of the molecule is COc1ccc(CC(=O)N2c3ccc(OC)cc3C(C)=CC2(C)C)cc1. The normalized spacial score (nSPS) is 15.1. The molecule has 0 aliphatic carbocycles. The number of hydrogen-bond acceptors (Lipinski definition) is 3. The third kappa shape index (κ3) is 3.32. The van der Waals surface area contributed by atoms with Crippen LogP contribution in [0.4, 0.5) is 5.69 Å². The van der Waals surface area contributed by atoms with Crippen molar-refractivity contribution in [1.82, 2.24) is 0 Å². The lowest BCUT2D eigenvalue weighted by molar-refractivity contribution is -0.118. The Balaban J connectivity index is 1.95. The van der Waals surface area contributed by atoms with E-state index in [1.165, 1.54) is 0 Å². The molecule has 2 aromatic carbocycles. The number of carbonyl (C=O) groups is 1. The van der Waals surface area contributed by atoms with Crippen LogP contribution in [-0.4, -0.2) is 25.7 Å². The van der Waals surface area contributed by atoms with Crippen molar-refractivity contribution in [2.75, 3.05) is 19.1 Å². The van der Waals surface area contributed by atoms with Gasteiger partial charge in [0, 0.05) is 5.56 Å². The number of ether oxygens (including phenoxy) is 2. The second kappa shape index (κ2) is 6.87. The Morgan fingerprint density at radius 2 is 1.62 bits per heavy atom. The predicted molar refractivity (Wildman–Crippen MR) is 105 cm³/mol. The summed E-state index contributed by atoms with van der Waals surface area (Å²) in [6.45, 7) is 6.20. The van der Waals surface area contributed by atoms with E-state index in [1.54, 1.807) is 14.2 Å². The lowest BCUT2D eigenvalue weighted by atomic mass is 9.88. The van der Waals surface area contributed by atoms with E-state index in [0.29, 0.717) is 6.42 Å². The summed E-state index contributed by atoms with van der Waals surface area (Å²) in [6, 6.07) is 13.5. The summed E-state index contributed by atoms with van der Waals surface area (Å²) in [5, 5.41) is 0. The van der Waals surface area contributed by atoms with Gasteiger partial charge >= 0.3 is 0 Å². The summed E-state index contributed by atoms with van der Waals surface area (Å²) >= 11 is 0. The molecule has 3 rings (SSSR count). The molecule has 4 heteroatoms. The summed E-state index contributed by atoms with van der Waals surface area (Å²) in [4.78, 5) is 15.1. The van der Waals surface area contributed by atoms with Gasteiger partial charge in [-0.15, -0.1) is 0 Å². The van der Waals surface area contributed by atoms with Crippen LogP contribution in [0.1, 0.15) is 31.9 Å². The highest BCUT2D eigenvalue weighted by atomic mass is 16.5. The van der Waals surface area contributed by atoms with Crippen molar-refractivity contribution in [1.29, 1.82) is 0 Å². The van der Waals surface area contributed by atoms with E-state index in [9.17, 15) is 4.79 Å². The molecule has 0 radical (unpaired) electrons. The Morgan fingerprint density at radius 1 is 1.00 bits per heavy atom. The van der Waals surface area contributed by atoms with Gasteiger partial charge in [-0.2, -0.15) is 0 Å². The number of carbonyl (C=O) groups excluding carboxylic acids is 1. The molecule has 136 valence electrons. The fourth-order valence-electron chi connectivity index (χ4n) is 3.59. The first-order valence-electron chi connectivity index (χ1n) is 8.69. The maximum Gasteiger partial charge on any atom is 0.232 e. The molecular weight excluding hydrogens is 326 g/mol. The number of methoxy groups -OCH3 is 2. The molecule has 1 aliphatic heterocycles. The minimum atomic E-state index is -0.394. The summed E-state index contributed by atoms with van der Waals surface area (Å²) < 4.78 is 10.5. The molecule has 1 amide bonds. The Morgan fingerprint density at radius 3 is 2.23 bits per heavy atom. The lowest BCUT2D eigenvalue weighted by Gasteiger charge is -2.41. The van der Waals surface area contributed by atoms with Crippen LogP contribution in [0, 0.1) is 0 Å².